The molecule has 11 nitrogen and oxygen atoms in total. The van der Waals surface area contributed by atoms with Gasteiger partial charge in [-0.05, 0) is 24.0 Å². The Balaban J connectivity index is 2.11. The van der Waals surface area contributed by atoms with Gasteiger partial charge in [0.2, 0.25) is 0 Å². The predicted molar refractivity (Wildman–Crippen MR) is 106 cm³/mol. The van der Waals surface area contributed by atoms with E-state index in [4.69, 9.17) is 0 Å². The molecule has 0 saturated heterocycles. The molecule has 0 aliphatic heterocycles. The monoisotopic (exact) mass is 412 g/mol. The van der Waals surface area contributed by atoms with Gasteiger partial charge in [-0.25, -0.2) is 0 Å². The van der Waals surface area contributed by atoms with Crippen molar-refractivity contribution in [2.45, 2.75) is 19.8 Å². The fraction of sp³-hybridized carbons (Fsp3) is 0.211. The van der Waals surface area contributed by atoms with E-state index in [9.17, 15) is 35.1 Å². The number of carbonyl (C=O) groups is 1. The third-order valence-corrected chi connectivity index (χ3v) is 5.20. The van der Waals surface area contributed by atoms with E-state index >= 15 is 0 Å². The van der Waals surface area contributed by atoms with Gasteiger partial charge in [-0.15, -0.1) is 0 Å². The molecule has 0 spiro atoms. The predicted octanol–water partition coefficient (Wildman–Crippen LogP) is 4.10. The van der Waals surface area contributed by atoms with Gasteiger partial charge in [-0.3, -0.25) is 35.1 Å². The van der Waals surface area contributed by atoms with E-state index < -0.39 is 43.4 Å². The molecule has 1 N–H and O–H groups in total. The lowest BCUT2D eigenvalue weighted by Crippen LogP contribution is -2.17. The molecular weight excluding hydrogens is 396 g/mol. The molecule has 30 heavy (non-hydrogen) atoms. The van der Waals surface area contributed by atoms with Crippen molar-refractivity contribution in [3.05, 3.63) is 89.6 Å². The van der Waals surface area contributed by atoms with Crippen LogP contribution in [0, 0.1) is 36.3 Å². The number of non-ortho nitro benzene ring substituents is 1. The zero-order valence-corrected chi connectivity index (χ0v) is 15.9. The van der Waals surface area contributed by atoms with Crippen LogP contribution < -0.4 is 5.32 Å². The second-order valence-electron chi connectivity index (χ2n) is 6.85. The van der Waals surface area contributed by atoms with Crippen LogP contribution in [-0.2, 0) is 4.79 Å². The summed E-state index contributed by atoms with van der Waals surface area (Å²) < 4.78 is 0. The van der Waals surface area contributed by atoms with Crippen molar-refractivity contribution < 1.29 is 19.6 Å². The lowest BCUT2D eigenvalue weighted by Gasteiger charge is -2.15. The Bertz CT molecular complexity index is 1080. The zero-order chi connectivity index (χ0) is 22.2. The minimum absolute atomic E-state index is 0.0106. The number of nitrogens with zero attached hydrogens (tertiary/aromatic N) is 3. The summed E-state index contributed by atoms with van der Waals surface area (Å²) in [5.74, 6) is -1.17. The number of nitrogens with one attached hydrogen (secondary N) is 1. The largest absolute Gasteiger partial charge is 0.341 e. The molecule has 2 aromatic carbocycles. The Labute approximate surface area is 169 Å². The number of hydrogen-bond acceptors (Lipinski definition) is 8. The molecule has 11 heteroatoms. The average Bonchev–Trinajstić information content (AvgIpc) is 2.91. The molecule has 2 atom stereocenters. The SMILES string of the molecule is CC1=C(Nc2c([N+](=O)[O-])cc([N+](=O)[O-])cc2[N+](=O)[O-])C(=O)C(c2ccccc2)C1C. The fourth-order valence-corrected chi connectivity index (χ4v) is 3.56. The van der Waals surface area contributed by atoms with E-state index in [2.05, 4.69) is 5.32 Å². The summed E-state index contributed by atoms with van der Waals surface area (Å²) in [7, 11) is 0. The van der Waals surface area contributed by atoms with Gasteiger partial charge in [0.1, 0.15) is 0 Å². The number of nitro benzene ring substituents is 3. The zero-order valence-electron chi connectivity index (χ0n) is 15.9. The molecule has 0 aromatic heterocycles. The van der Waals surface area contributed by atoms with E-state index in [0.29, 0.717) is 17.7 Å². The first-order valence-electron chi connectivity index (χ1n) is 8.81. The van der Waals surface area contributed by atoms with Gasteiger partial charge >= 0.3 is 11.4 Å². The minimum atomic E-state index is -0.963. The van der Waals surface area contributed by atoms with Crippen molar-refractivity contribution in [2.24, 2.45) is 5.92 Å². The van der Waals surface area contributed by atoms with E-state index in [1.54, 1.807) is 37.3 Å². The minimum Gasteiger partial charge on any atom is -0.341 e. The van der Waals surface area contributed by atoms with Gasteiger partial charge < -0.3 is 5.32 Å². The highest BCUT2D eigenvalue weighted by Crippen LogP contribution is 2.44. The quantitative estimate of drug-likeness (QED) is 0.548. The molecule has 0 amide bonds. The maximum absolute atomic E-state index is 13.1. The van der Waals surface area contributed by atoms with Crippen molar-refractivity contribution >= 4 is 28.5 Å². The highest BCUT2D eigenvalue weighted by atomic mass is 16.6. The number of hydrogen-bond donors (Lipinski definition) is 1. The van der Waals surface area contributed by atoms with Crippen LogP contribution in [0.5, 0.6) is 0 Å². The van der Waals surface area contributed by atoms with Crippen molar-refractivity contribution in [1.29, 1.82) is 0 Å². The van der Waals surface area contributed by atoms with Crippen LogP contribution in [0.3, 0.4) is 0 Å². The number of anilines is 1. The smallest absolute Gasteiger partial charge is 0.306 e. The molecular formula is C19H16N4O7. The third-order valence-electron chi connectivity index (χ3n) is 5.20. The summed E-state index contributed by atoms with van der Waals surface area (Å²) in [6.45, 7) is 3.48. The standard InChI is InChI=1S/C19H16N4O7/c1-10-11(2)17(19(24)16(10)12-6-4-3-5-7-12)20-18-14(22(27)28)8-13(21(25)26)9-15(18)23(29)30/h3-10,16,20H,1-2H3. The van der Waals surface area contributed by atoms with Gasteiger partial charge in [0, 0.05) is 0 Å². The van der Waals surface area contributed by atoms with Crippen molar-refractivity contribution in [1.82, 2.24) is 0 Å². The van der Waals surface area contributed by atoms with Crippen LogP contribution in [0.15, 0.2) is 53.7 Å². The van der Waals surface area contributed by atoms with E-state index in [-0.39, 0.29) is 17.4 Å². The Morgan fingerprint density at radius 1 is 0.900 bits per heavy atom. The Kier molecular flexibility index (Phi) is 5.28. The summed E-state index contributed by atoms with van der Waals surface area (Å²) in [4.78, 5) is 44.2. The van der Waals surface area contributed by atoms with E-state index in [1.807, 2.05) is 6.92 Å². The molecule has 0 radical (unpaired) electrons. The first kappa shape index (κ1) is 20.6. The topological polar surface area (TPSA) is 159 Å². The van der Waals surface area contributed by atoms with Crippen molar-refractivity contribution in [2.75, 3.05) is 5.32 Å². The molecule has 154 valence electrons. The molecule has 2 aromatic rings. The second kappa shape index (κ2) is 7.70. The lowest BCUT2D eigenvalue weighted by molar-refractivity contribution is -0.401. The number of carbonyl (C=O) groups excluding carboxylic acids is 1. The second-order valence-corrected chi connectivity index (χ2v) is 6.85. The van der Waals surface area contributed by atoms with Crippen LogP contribution in [0.2, 0.25) is 0 Å². The average molecular weight is 412 g/mol. The molecule has 0 saturated carbocycles. The van der Waals surface area contributed by atoms with Crippen LogP contribution >= 0.6 is 0 Å². The number of benzene rings is 2. The Hall–Kier alpha value is -4.15. The Morgan fingerprint density at radius 3 is 1.90 bits per heavy atom. The summed E-state index contributed by atoms with van der Waals surface area (Å²) in [6, 6.07) is 10.2. The molecule has 0 fully saturated rings. The van der Waals surface area contributed by atoms with Crippen LogP contribution in [0.4, 0.5) is 22.7 Å². The fourth-order valence-electron chi connectivity index (χ4n) is 3.56. The molecule has 3 rings (SSSR count). The van der Waals surface area contributed by atoms with Crippen molar-refractivity contribution in [3.8, 4) is 0 Å². The van der Waals surface area contributed by atoms with Crippen LogP contribution in [0.1, 0.15) is 25.3 Å². The van der Waals surface area contributed by atoms with Gasteiger partial charge in [0.25, 0.3) is 5.69 Å². The summed E-state index contributed by atoms with van der Waals surface area (Å²) in [5.41, 5.74) is -1.75. The number of ketones is 1. The summed E-state index contributed by atoms with van der Waals surface area (Å²) in [6.07, 6.45) is 0. The van der Waals surface area contributed by atoms with Gasteiger partial charge in [-0.2, -0.15) is 0 Å². The maximum atomic E-state index is 13.1. The third kappa shape index (κ3) is 3.48. The number of allylic oxidation sites excluding steroid dienone is 2. The first-order chi connectivity index (χ1) is 14.1. The highest BCUT2D eigenvalue weighted by Gasteiger charge is 2.40. The highest BCUT2D eigenvalue weighted by molar-refractivity contribution is 6.07. The van der Waals surface area contributed by atoms with Gasteiger partial charge in [0.15, 0.2) is 11.5 Å². The number of nitro groups is 3. The Morgan fingerprint density at radius 2 is 1.43 bits per heavy atom. The van der Waals surface area contributed by atoms with E-state index in [1.165, 1.54) is 0 Å². The first-order valence-corrected chi connectivity index (χ1v) is 8.81. The molecule has 1 aliphatic carbocycles. The van der Waals surface area contributed by atoms with Crippen LogP contribution in [0.25, 0.3) is 0 Å². The van der Waals surface area contributed by atoms with E-state index in [0.717, 1.165) is 5.56 Å². The molecule has 0 heterocycles. The summed E-state index contributed by atoms with van der Waals surface area (Å²) >= 11 is 0. The van der Waals surface area contributed by atoms with Crippen molar-refractivity contribution in [3.63, 3.8) is 0 Å². The molecule has 2 unspecified atom stereocenters. The molecule has 1 aliphatic rings. The lowest BCUT2D eigenvalue weighted by atomic mass is 9.87. The summed E-state index contributed by atoms with van der Waals surface area (Å²) in [5, 5.41) is 36.5. The maximum Gasteiger partial charge on any atom is 0.306 e. The number of Topliss-reactive ketones (excluding diaryl/α,β-unsaturated/α-hetero) is 1. The number of rotatable bonds is 6. The van der Waals surface area contributed by atoms with Crippen LogP contribution in [-0.4, -0.2) is 20.6 Å². The molecule has 0 bridgehead atoms. The van der Waals surface area contributed by atoms with Gasteiger partial charge in [0.05, 0.1) is 38.5 Å². The normalized spacial score (nSPS) is 18.4. The van der Waals surface area contributed by atoms with Gasteiger partial charge in [-0.1, -0.05) is 37.3 Å².